The number of hydrogen-bond donors (Lipinski definition) is 2. The first-order valence-electron chi connectivity index (χ1n) is 7.74. The predicted molar refractivity (Wildman–Crippen MR) is 91.0 cm³/mol. The van der Waals surface area contributed by atoms with Gasteiger partial charge in [0.15, 0.2) is 24.3 Å². The lowest BCUT2D eigenvalue weighted by atomic mass is 10.2. The third-order valence-corrected chi connectivity index (χ3v) is 3.31. The van der Waals surface area contributed by atoms with Crippen LogP contribution in [0.4, 0.5) is 14.5 Å². The number of rotatable bonds is 7. The van der Waals surface area contributed by atoms with Crippen molar-refractivity contribution < 1.29 is 32.6 Å². The Morgan fingerprint density at radius 2 is 1.74 bits per heavy atom. The highest BCUT2D eigenvalue weighted by atomic mass is 19.2. The molecule has 7 nitrogen and oxygen atoms in total. The molecule has 2 rings (SSSR count). The molecule has 0 aromatic heterocycles. The van der Waals surface area contributed by atoms with Gasteiger partial charge in [0.25, 0.3) is 11.8 Å². The Bertz CT molecular complexity index is 855. The quantitative estimate of drug-likeness (QED) is 0.717. The molecule has 0 heterocycles. The summed E-state index contributed by atoms with van der Waals surface area (Å²) < 4.78 is 36.1. The summed E-state index contributed by atoms with van der Waals surface area (Å²) in [6.07, 6.45) is -1.18. The molecule has 3 N–H and O–H groups in total. The molecule has 0 saturated carbocycles. The lowest BCUT2D eigenvalue weighted by Gasteiger charge is -2.14. The summed E-state index contributed by atoms with van der Waals surface area (Å²) in [5.41, 5.74) is 5.13. The average Bonchev–Trinajstić information content (AvgIpc) is 2.63. The first-order chi connectivity index (χ1) is 12.8. The molecular formula is C18H16F2N2O5. The maximum absolute atomic E-state index is 13.1. The van der Waals surface area contributed by atoms with Crippen molar-refractivity contribution >= 4 is 23.5 Å². The van der Waals surface area contributed by atoms with Gasteiger partial charge in [-0.05, 0) is 43.3 Å². The van der Waals surface area contributed by atoms with Crippen LogP contribution in [0, 0.1) is 11.6 Å². The molecule has 0 saturated heterocycles. The molecule has 1 atom stereocenters. The Labute approximate surface area is 153 Å². The van der Waals surface area contributed by atoms with E-state index in [-0.39, 0.29) is 17.9 Å². The molecule has 0 radical (unpaired) electrons. The van der Waals surface area contributed by atoms with E-state index in [1.54, 1.807) is 0 Å². The van der Waals surface area contributed by atoms with Gasteiger partial charge in [0, 0.05) is 11.8 Å². The minimum Gasteiger partial charge on any atom is -0.484 e. The molecule has 9 heteroatoms. The van der Waals surface area contributed by atoms with Crippen molar-refractivity contribution in [1.82, 2.24) is 0 Å². The lowest BCUT2D eigenvalue weighted by Crippen LogP contribution is -2.30. The van der Waals surface area contributed by atoms with Crippen LogP contribution in [0.3, 0.4) is 0 Å². The SMILES string of the molecule is C[C@H](OC(=O)c1ccc(OCC(N)=O)cc1)C(=O)Nc1ccc(F)c(F)c1. The molecule has 0 spiro atoms. The van der Waals surface area contributed by atoms with Crippen LogP contribution < -0.4 is 15.8 Å². The van der Waals surface area contributed by atoms with Crippen LogP contribution >= 0.6 is 0 Å². The number of primary amides is 1. The van der Waals surface area contributed by atoms with Gasteiger partial charge in [0.2, 0.25) is 0 Å². The number of ether oxygens (including phenoxy) is 2. The molecule has 2 aromatic carbocycles. The summed E-state index contributed by atoms with van der Waals surface area (Å²) in [4.78, 5) is 34.7. The van der Waals surface area contributed by atoms with Gasteiger partial charge < -0.3 is 20.5 Å². The number of nitrogens with one attached hydrogen (secondary N) is 1. The molecule has 142 valence electrons. The minimum atomic E-state index is -1.18. The van der Waals surface area contributed by atoms with E-state index in [0.29, 0.717) is 5.75 Å². The molecule has 0 fully saturated rings. The number of hydrogen-bond acceptors (Lipinski definition) is 5. The van der Waals surface area contributed by atoms with E-state index in [2.05, 4.69) is 5.32 Å². The van der Waals surface area contributed by atoms with E-state index in [1.807, 2.05) is 0 Å². The van der Waals surface area contributed by atoms with Crippen molar-refractivity contribution in [2.45, 2.75) is 13.0 Å². The Balaban J connectivity index is 1.92. The fraction of sp³-hybridized carbons (Fsp3) is 0.167. The molecule has 0 aliphatic carbocycles. The van der Waals surface area contributed by atoms with Gasteiger partial charge in [-0.1, -0.05) is 0 Å². The molecule has 0 aliphatic heterocycles. The van der Waals surface area contributed by atoms with E-state index >= 15 is 0 Å². The molecule has 2 aromatic rings. The second kappa shape index (κ2) is 8.75. The van der Waals surface area contributed by atoms with Crippen molar-refractivity contribution in [3.8, 4) is 5.75 Å². The average molecular weight is 378 g/mol. The van der Waals surface area contributed by atoms with Crippen molar-refractivity contribution in [2.75, 3.05) is 11.9 Å². The topological polar surface area (TPSA) is 108 Å². The number of nitrogens with two attached hydrogens (primary N) is 1. The van der Waals surface area contributed by atoms with Crippen molar-refractivity contribution in [1.29, 1.82) is 0 Å². The minimum absolute atomic E-state index is 0.0257. The van der Waals surface area contributed by atoms with Crippen LogP contribution in [0.2, 0.25) is 0 Å². The normalized spacial score (nSPS) is 11.4. The van der Waals surface area contributed by atoms with Gasteiger partial charge in [0.1, 0.15) is 5.75 Å². The maximum Gasteiger partial charge on any atom is 0.338 e. The third kappa shape index (κ3) is 5.77. The Kier molecular flexibility index (Phi) is 6.42. The van der Waals surface area contributed by atoms with Gasteiger partial charge in [-0.15, -0.1) is 0 Å². The highest BCUT2D eigenvalue weighted by molar-refractivity contribution is 5.97. The van der Waals surface area contributed by atoms with Crippen molar-refractivity contribution in [3.05, 3.63) is 59.7 Å². The molecule has 0 bridgehead atoms. The zero-order valence-electron chi connectivity index (χ0n) is 14.2. The van der Waals surface area contributed by atoms with Gasteiger partial charge in [-0.2, -0.15) is 0 Å². The van der Waals surface area contributed by atoms with E-state index in [9.17, 15) is 23.2 Å². The predicted octanol–water partition coefficient (Wildman–Crippen LogP) is 2.01. The Morgan fingerprint density at radius 1 is 1.07 bits per heavy atom. The number of benzene rings is 2. The molecule has 0 aliphatic rings. The van der Waals surface area contributed by atoms with E-state index in [0.717, 1.165) is 12.1 Å². The number of carbonyl (C=O) groups excluding carboxylic acids is 3. The van der Waals surface area contributed by atoms with E-state index in [4.69, 9.17) is 15.2 Å². The molecule has 0 unspecified atom stereocenters. The number of amides is 2. The summed E-state index contributed by atoms with van der Waals surface area (Å²) in [6.45, 7) is 1.03. The highest BCUT2D eigenvalue weighted by Gasteiger charge is 2.19. The molecular weight excluding hydrogens is 362 g/mol. The number of anilines is 1. The second-order valence-corrected chi connectivity index (χ2v) is 5.45. The number of halogens is 2. The van der Waals surface area contributed by atoms with Gasteiger partial charge in [-0.25, -0.2) is 13.6 Å². The van der Waals surface area contributed by atoms with Crippen LogP contribution in [-0.4, -0.2) is 30.5 Å². The first kappa shape index (κ1) is 19.8. The Hall–Kier alpha value is -3.49. The fourth-order valence-corrected chi connectivity index (χ4v) is 1.94. The summed E-state index contributed by atoms with van der Waals surface area (Å²) in [6, 6.07) is 8.50. The van der Waals surface area contributed by atoms with Crippen LogP contribution in [-0.2, 0) is 14.3 Å². The second-order valence-electron chi connectivity index (χ2n) is 5.45. The van der Waals surface area contributed by atoms with Crippen LogP contribution in [0.1, 0.15) is 17.3 Å². The van der Waals surface area contributed by atoms with Crippen LogP contribution in [0.5, 0.6) is 5.75 Å². The number of carbonyl (C=O) groups is 3. The largest absolute Gasteiger partial charge is 0.484 e. The van der Waals surface area contributed by atoms with E-state index < -0.39 is 35.5 Å². The molecule has 2 amide bonds. The van der Waals surface area contributed by atoms with Gasteiger partial charge in [-0.3, -0.25) is 9.59 Å². The standard InChI is InChI=1S/C18H16F2N2O5/c1-10(17(24)22-12-4-7-14(19)15(20)8-12)27-18(25)11-2-5-13(6-3-11)26-9-16(21)23/h2-8,10H,9H2,1H3,(H2,21,23)(H,22,24)/t10-/m0/s1. The summed E-state index contributed by atoms with van der Waals surface area (Å²) in [7, 11) is 0. The maximum atomic E-state index is 13.1. The zero-order chi connectivity index (χ0) is 20.0. The van der Waals surface area contributed by atoms with Crippen molar-refractivity contribution in [3.63, 3.8) is 0 Å². The molecule has 27 heavy (non-hydrogen) atoms. The van der Waals surface area contributed by atoms with Gasteiger partial charge in [0.05, 0.1) is 5.56 Å². The Morgan fingerprint density at radius 3 is 2.33 bits per heavy atom. The van der Waals surface area contributed by atoms with Crippen LogP contribution in [0.15, 0.2) is 42.5 Å². The summed E-state index contributed by atoms with van der Waals surface area (Å²) in [5.74, 6) is -3.96. The van der Waals surface area contributed by atoms with E-state index in [1.165, 1.54) is 37.3 Å². The zero-order valence-corrected chi connectivity index (χ0v) is 14.2. The first-order valence-corrected chi connectivity index (χ1v) is 7.74. The summed E-state index contributed by atoms with van der Waals surface area (Å²) in [5, 5.41) is 2.32. The van der Waals surface area contributed by atoms with Gasteiger partial charge >= 0.3 is 5.97 Å². The summed E-state index contributed by atoms with van der Waals surface area (Å²) >= 11 is 0. The monoisotopic (exact) mass is 378 g/mol. The highest BCUT2D eigenvalue weighted by Crippen LogP contribution is 2.15. The van der Waals surface area contributed by atoms with Crippen molar-refractivity contribution in [2.24, 2.45) is 5.73 Å². The lowest BCUT2D eigenvalue weighted by molar-refractivity contribution is -0.123. The smallest absolute Gasteiger partial charge is 0.338 e. The number of esters is 1. The fourth-order valence-electron chi connectivity index (χ4n) is 1.94. The van der Waals surface area contributed by atoms with Crippen LogP contribution in [0.25, 0.3) is 0 Å². The third-order valence-electron chi connectivity index (χ3n) is 3.31.